The molecule has 1 nitrogen and oxygen atoms in total. The molecule has 84 valence electrons. The quantitative estimate of drug-likeness (QED) is 0.437. The van der Waals surface area contributed by atoms with E-state index in [1.165, 1.54) is 32.1 Å². The Morgan fingerprint density at radius 3 is 2.36 bits per heavy atom. The highest BCUT2D eigenvalue weighted by molar-refractivity contribution is 4.82. The molecule has 0 spiro atoms. The van der Waals surface area contributed by atoms with Gasteiger partial charge in [0.1, 0.15) is 0 Å². The molecule has 0 aliphatic carbocycles. The lowest BCUT2D eigenvalue weighted by molar-refractivity contribution is 0.163. The zero-order valence-corrected chi connectivity index (χ0v) is 9.84. The summed E-state index contributed by atoms with van der Waals surface area (Å²) in [5.74, 6) is 0. The van der Waals surface area contributed by atoms with Crippen LogP contribution in [-0.4, -0.2) is 11.2 Å². The molecule has 0 unspecified atom stereocenters. The second-order valence-electron chi connectivity index (χ2n) is 3.97. The summed E-state index contributed by atoms with van der Waals surface area (Å²) in [6.45, 7) is 4.35. The van der Waals surface area contributed by atoms with Gasteiger partial charge in [0.25, 0.3) is 0 Å². The van der Waals surface area contributed by atoms with Crippen molar-refractivity contribution in [2.75, 3.05) is 0 Å². The van der Waals surface area contributed by atoms with Gasteiger partial charge in [-0.2, -0.15) is 0 Å². The molecule has 1 N–H and O–H groups in total. The fraction of sp³-hybridized carbons (Fsp3) is 0.846. The third-order valence-corrected chi connectivity index (χ3v) is 2.45. The molecule has 0 aromatic carbocycles. The molecule has 0 saturated heterocycles. The van der Waals surface area contributed by atoms with E-state index >= 15 is 0 Å². The van der Waals surface area contributed by atoms with E-state index in [9.17, 15) is 5.11 Å². The molecular weight excluding hydrogens is 172 g/mol. The highest BCUT2D eigenvalue weighted by atomic mass is 16.3. The van der Waals surface area contributed by atoms with E-state index < -0.39 is 0 Å². The first kappa shape index (κ1) is 13.7. The summed E-state index contributed by atoms with van der Waals surface area (Å²) in [6, 6.07) is 0. The predicted octanol–water partition coefficient (Wildman–Crippen LogP) is 4.06. The van der Waals surface area contributed by atoms with Crippen molar-refractivity contribution < 1.29 is 5.11 Å². The van der Waals surface area contributed by atoms with E-state index in [0.717, 1.165) is 19.3 Å². The minimum Gasteiger partial charge on any atom is -0.393 e. The molecule has 0 rings (SSSR count). The maximum atomic E-state index is 9.58. The van der Waals surface area contributed by atoms with Crippen molar-refractivity contribution in [1.82, 2.24) is 0 Å². The largest absolute Gasteiger partial charge is 0.393 e. The molecule has 0 amide bonds. The van der Waals surface area contributed by atoms with Crippen molar-refractivity contribution in [3.8, 4) is 0 Å². The number of allylic oxidation sites excluding steroid dienone is 1. The summed E-state index contributed by atoms with van der Waals surface area (Å²) in [5.41, 5.74) is 0. The van der Waals surface area contributed by atoms with Crippen LogP contribution in [0.2, 0.25) is 0 Å². The van der Waals surface area contributed by atoms with Gasteiger partial charge in [0.15, 0.2) is 0 Å². The van der Waals surface area contributed by atoms with Crippen molar-refractivity contribution in [3.05, 3.63) is 12.2 Å². The lowest BCUT2D eigenvalue weighted by Gasteiger charge is -2.07. The average molecular weight is 198 g/mol. The van der Waals surface area contributed by atoms with E-state index in [0.29, 0.717) is 0 Å². The summed E-state index contributed by atoms with van der Waals surface area (Å²) < 4.78 is 0. The Morgan fingerprint density at radius 1 is 1.00 bits per heavy atom. The van der Waals surface area contributed by atoms with Crippen LogP contribution in [0.4, 0.5) is 0 Å². The Hall–Kier alpha value is -0.300. The van der Waals surface area contributed by atoms with Crippen LogP contribution < -0.4 is 0 Å². The zero-order chi connectivity index (χ0) is 10.6. The molecule has 0 bridgehead atoms. The van der Waals surface area contributed by atoms with Crippen LogP contribution in [0.5, 0.6) is 0 Å². The van der Waals surface area contributed by atoms with Crippen molar-refractivity contribution >= 4 is 0 Å². The molecular formula is C13H26O. The number of rotatable bonds is 9. The van der Waals surface area contributed by atoms with Crippen LogP contribution in [0.1, 0.15) is 65.2 Å². The van der Waals surface area contributed by atoms with Gasteiger partial charge in [0.05, 0.1) is 6.10 Å². The number of aliphatic hydroxyl groups excluding tert-OH is 1. The molecule has 0 heterocycles. The van der Waals surface area contributed by atoms with Crippen LogP contribution in [0, 0.1) is 0 Å². The summed E-state index contributed by atoms with van der Waals surface area (Å²) in [5, 5.41) is 9.58. The Bertz CT molecular complexity index is 129. The van der Waals surface area contributed by atoms with Crippen LogP contribution in [0.15, 0.2) is 12.2 Å². The molecule has 0 fully saturated rings. The van der Waals surface area contributed by atoms with Crippen LogP contribution in [0.25, 0.3) is 0 Å². The highest BCUT2D eigenvalue weighted by Gasteiger charge is 2.00. The molecule has 1 atom stereocenters. The standard InChI is InChI=1S/C13H26O/c1-3-5-7-8-10-12-13(14)11-9-6-4-2/h6,9,13-14H,3-5,7-8,10-12H2,1-2H3/b9-6+/t13-/m1/s1. The molecule has 14 heavy (non-hydrogen) atoms. The van der Waals surface area contributed by atoms with E-state index in [4.69, 9.17) is 0 Å². The van der Waals surface area contributed by atoms with Crippen molar-refractivity contribution in [1.29, 1.82) is 0 Å². The Morgan fingerprint density at radius 2 is 1.71 bits per heavy atom. The van der Waals surface area contributed by atoms with Gasteiger partial charge in [-0.25, -0.2) is 0 Å². The summed E-state index contributed by atoms with van der Waals surface area (Å²) in [6.07, 6.45) is 13.4. The fourth-order valence-corrected chi connectivity index (χ4v) is 1.52. The first-order valence-corrected chi connectivity index (χ1v) is 6.14. The fourth-order valence-electron chi connectivity index (χ4n) is 1.52. The Kier molecular flexibility index (Phi) is 10.5. The molecule has 0 aromatic rings. The van der Waals surface area contributed by atoms with Gasteiger partial charge in [-0.1, -0.05) is 58.1 Å². The van der Waals surface area contributed by atoms with Crippen molar-refractivity contribution in [3.63, 3.8) is 0 Å². The van der Waals surface area contributed by atoms with Gasteiger partial charge in [0, 0.05) is 0 Å². The molecule has 0 aliphatic heterocycles. The van der Waals surface area contributed by atoms with Gasteiger partial charge in [-0.15, -0.1) is 0 Å². The Labute approximate surface area is 89.2 Å². The minimum absolute atomic E-state index is 0.112. The molecule has 0 saturated carbocycles. The lowest BCUT2D eigenvalue weighted by Crippen LogP contribution is -2.04. The van der Waals surface area contributed by atoms with Gasteiger partial charge < -0.3 is 5.11 Å². The first-order chi connectivity index (χ1) is 6.81. The van der Waals surface area contributed by atoms with Gasteiger partial charge in [0.2, 0.25) is 0 Å². The Balaban J connectivity index is 3.18. The first-order valence-electron chi connectivity index (χ1n) is 6.14. The highest BCUT2D eigenvalue weighted by Crippen LogP contribution is 2.09. The zero-order valence-electron chi connectivity index (χ0n) is 9.84. The maximum Gasteiger partial charge on any atom is 0.0574 e. The third kappa shape index (κ3) is 9.79. The van der Waals surface area contributed by atoms with Gasteiger partial charge in [-0.3, -0.25) is 0 Å². The monoisotopic (exact) mass is 198 g/mol. The maximum absolute atomic E-state index is 9.58. The molecule has 1 heteroatoms. The predicted molar refractivity (Wildman–Crippen MR) is 63.4 cm³/mol. The van der Waals surface area contributed by atoms with Crippen LogP contribution >= 0.6 is 0 Å². The van der Waals surface area contributed by atoms with Crippen LogP contribution in [0.3, 0.4) is 0 Å². The van der Waals surface area contributed by atoms with E-state index in [1.807, 2.05) is 0 Å². The number of aliphatic hydroxyl groups is 1. The number of hydrogen-bond donors (Lipinski definition) is 1. The summed E-state index contributed by atoms with van der Waals surface area (Å²) in [4.78, 5) is 0. The van der Waals surface area contributed by atoms with Crippen LogP contribution in [-0.2, 0) is 0 Å². The minimum atomic E-state index is -0.112. The van der Waals surface area contributed by atoms with E-state index in [1.54, 1.807) is 0 Å². The van der Waals surface area contributed by atoms with Gasteiger partial charge in [-0.05, 0) is 19.3 Å². The summed E-state index contributed by atoms with van der Waals surface area (Å²) in [7, 11) is 0. The smallest absolute Gasteiger partial charge is 0.0574 e. The number of hydrogen-bond acceptors (Lipinski definition) is 1. The lowest BCUT2D eigenvalue weighted by atomic mass is 10.1. The topological polar surface area (TPSA) is 20.2 Å². The third-order valence-electron chi connectivity index (χ3n) is 2.45. The van der Waals surface area contributed by atoms with Gasteiger partial charge >= 0.3 is 0 Å². The molecule has 0 radical (unpaired) electrons. The molecule has 0 aromatic heterocycles. The normalized spacial score (nSPS) is 13.6. The number of unbranched alkanes of at least 4 members (excludes halogenated alkanes) is 4. The second kappa shape index (κ2) is 10.8. The van der Waals surface area contributed by atoms with E-state index in [2.05, 4.69) is 26.0 Å². The SMILES string of the molecule is CC/C=C/C[C@@H](O)CCCCCCC. The van der Waals surface area contributed by atoms with Crippen molar-refractivity contribution in [2.24, 2.45) is 0 Å². The second-order valence-corrected chi connectivity index (χ2v) is 3.97. The summed E-state index contributed by atoms with van der Waals surface area (Å²) >= 11 is 0. The van der Waals surface area contributed by atoms with Crippen molar-refractivity contribution in [2.45, 2.75) is 71.3 Å². The van der Waals surface area contributed by atoms with E-state index in [-0.39, 0.29) is 6.10 Å². The average Bonchev–Trinajstić information content (AvgIpc) is 2.18. The molecule has 0 aliphatic rings.